The molecule has 4 N–H and O–H groups in total. The molecular weight excluding hydrogens is 1140 g/mol. The lowest BCUT2D eigenvalue weighted by Crippen LogP contribution is -2.36. The van der Waals surface area contributed by atoms with E-state index in [9.17, 15) is 19.2 Å². The molecule has 0 unspecified atom stereocenters. The molecule has 16 rings (SSSR count). The number of benzene rings is 4. The van der Waals surface area contributed by atoms with Crippen molar-refractivity contribution in [2.24, 2.45) is 0 Å². The standard InChI is InChI=1S/C78H54N8O6/c1-41(2)91-77-71(73(87)75(77)89)69-59-37-29-51(83-59)63(43-17-9-5-10-18-43)47-25-33-55(79-47)67(56-34-26-48(80-56)64(44-19-11-6-12-20-44)52-30-38-60(69)84-52)68-57-35-27-49(81-57)65(45-21-13-7-14-22-45)53-31-39-61(85-53)70(72-74(88)76(90)78(72)92-42(3)4)62-40-32-54(86-62)66(46-23-15-8-16-24-46)50-28-36-58(68)82-50/h5-42,79,81,84,86H,1-4H3. The fourth-order valence-electron chi connectivity index (χ4n) is 13.0. The summed E-state index contributed by atoms with van der Waals surface area (Å²) in [5, 5.41) is 0. The Labute approximate surface area is 525 Å². The van der Waals surface area contributed by atoms with Crippen LogP contribution in [0.4, 0.5) is 0 Å². The van der Waals surface area contributed by atoms with Crippen LogP contribution >= 0.6 is 0 Å². The molecule has 10 heterocycles. The van der Waals surface area contributed by atoms with E-state index in [1.54, 1.807) is 0 Å². The summed E-state index contributed by atoms with van der Waals surface area (Å²) >= 11 is 0. The second-order valence-electron chi connectivity index (χ2n) is 23.5. The zero-order valence-corrected chi connectivity index (χ0v) is 50.2. The smallest absolute Gasteiger partial charge is 0.268 e. The van der Waals surface area contributed by atoms with Crippen LogP contribution in [0.3, 0.4) is 0 Å². The van der Waals surface area contributed by atoms with Gasteiger partial charge in [-0.15, -0.1) is 0 Å². The van der Waals surface area contributed by atoms with Crippen molar-refractivity contribution >= 4 is 92.7 Å². The number of nitrogens with one attached hydrogen (secondary N) is 4. The van der Waals surface area contributed by atoms with Crippen LogP contribution in [-0.4, -0.2) is 52.1 Å². The van der Waals surface area contributed by atoms with Crippen LogP contribution in [0.5, 0.6) is 11.5 Å². The van der Waals surface area contributed by atoms with Crippen LogP contribution < -0.4 is 31.2 Å². The van der Waals surface area contributed by atoms with Gasteiger partial charge in [-0.2, -0.15) is 0 Å². The van der Waals surface area contributed by atoms with Gasteiger partial charge in [-0.3, -0.25) is 19.2 Å². The molecule has 4 aliphatic heterocycles. The Bertz CT molecular complexity index is 5300. The lowest BCUT2D eigenvalue weighted by molar-refractivity contribution is 0.238. The van der Waals surface area contributed by atoms with E-state index in [1.807, 2.05) is 222 Å². The largest absolute Gasteiger partial charge is 0.486 e. The Morgan fingerprint density at radius 1 is 0.250 bits per heavy atom. The number of ether oxygens (including phenoxy) is 2. The van der Waals surface area contributed by atoms with Gasteiger partial charge in [0.05, 0.1) is 68.9 Å². The number of aromatic nitrogens is 8. The van der Waals surface area contributed by atoms with Gasteiger partial charge in [-0.25, -0.2) is 19.9 Å². The molecule has 0 atom stereocenters. The van der Waals surface area contributed by atoms with Crippen LogP contribution in [0.15, 0.2) is 189 Å². The van der Waals surface area contributed by atoms with E-state index in [4.69, 9.17) is 29.4 Å². The Hall–Kier alpha value is -12.2. The molecule has 0 spiro atoms. The molecule has 442 valence electrons. The average Bonchev–Trinajstić information content (AvgIpc) is 1.83. The van der Waals surface area contributed by atoms with E-state index in [1.165, 1.54) is 0 Å². The Morgan fingerprint density at radius 3 is 0.663 bits per heavy atom. The number of fused-ring (bicyclic) bond motifs is 16. The highest BCUT2D eigenvalue weighted by Gasteiger charge is 2.32. The van der Waals surface area contributed by atoms with E-state index in [2.05, 4.69) is 44.2 Å². The van der Waals surface area contributed by atoms with Gasteiger partial charge in [0.2, 0.25) is 10.9 Å². The van der Waals surface area contributed by atoms with Crippen molar-refractivity contribution in [3.8, 4) is 89.4 Å². The molecule has 0 fully saturated rings. The zero-order valence-electron chi connectivity index (χ0n) is 50.2. The third kappa shape index (κ3) is 9.17. The van der Waals surface area contributed by atoms with Crippen LogP contribution in [-0.2, 0) is 0 Å². The van der Waals surface area contributed by atoms with E-state index in [-0.39, 0.29) is 34.8 Å². The molecule has 6 aromatic heterocycles. The first-order chi connectivity index (χ1) is 44.9. The molecule has 0 amide bonds. The predicted molar refractivity (Wildman–Crippen MR) is 371 cm³/mol. The van der Waals surface area contributed by atoms with Crippen molar-refractivity contribution in [3.63, 3.8) is 0 Å². The molecule has 16 bridgehead atoms. The summed E-state index contributed by atoms with van der Waals surface area (Å²) < 4.78 is 12.2. The Kier molecular flexibility index (Phi) is 13.1. The molecule has 6 aromatic carbocycles. The van der Waals surface area contributed by atoms with Crippen molar-refractivity contribution in [3.05, 3.63) is 256 Å². The lowest BCUT2D eigenvalue weighted by atomic mass is 9.98. The highest BCUT2D eigenvalue weighted by molar-refractivity contribution is 6.06. The van der Waals surface area contributed by atoms with Crippen LogP contribution in [0.25, 0.3) is 171 Å². The van der Waals surface area contributed by atoms with Gasteiger partial charge in [-0.1, -0.05) is 121 Å². The van der Waals surface area contributed by atoms with Crippen LogP contribution in [0, 0.1) is 0 Å². The molecule has 0 aliphatic carbocycles. The zero-order chi connectivity index (χ0) is 62.5. The first-order valence-corrected chi connectivity index (χ1v) is 30.5. The SMILES string of the molecule is CC(C)Oc1c(-c2c3nc(c(-c4ccccc4)c4ccc([nH]4)c(-c4c5nc(c(-c6ccccc6)c6ccc([nH]6)c(-c6c(OC(C)C)c(=O)c6=O)c6nc(c(-c7ccccc7)c7ccc4[nH]7)C=C6)C=C5)c4nc(c(-c5ccccc5)c5ccc2[nH]5)C=C4)C=C3)c(=O)c1=O. The monoisotopic (exact) mass is 1200 g/mol. The molecule has 4 aliphatic rings. The van der Waals surface area contributed by atoms with Gasteiger partial charge >= 0.3 is 0 Å². The van der Waals surface area contributed by atoms with Gasteiger partial charge in [0, 0.05) is 88.6 Å². The number of hydrogen-bond acceptors (Lipinski definition) is 10. The third-order valence-corrected chi connectivity index (χ3v) is 16.9. The Morgan fingerprint density at radius 2 is 0.446 bits per heavy atom. The van der Waals surface area contributed by atoms with Gasteiger partial charge < -0.3 is 29.4 Å². The maximum absolute atomic E-state index is 14.0. The Balaban J connectivity index is 1.07. The maximum atomic E-state index is 14.0. The summed E-state index contributed by atoms with van der Waals surface area (Å²) in [4.78, 5) is 92.1. The van der Waals surface area contributed by atoms with Crippen molar-refractivity contribution in [2.45, 2.75) is 39.9 Å². The van der Waals surface area contributed by atoms with Crippen LogP contribution in [0.1, 0.15) is 73.2 Å². The number of rotatable bonds is 11. The quantitative estimate of drug-likeness (QED) is 0.0903. The fraction of sp³-hybridized carbons (Fsp3) is 0.0769. The first-order valence-electron chi connectivity index (χ1n) is 30.5. The molecular formula is C78H54N8O6. The van der Waals surface area contributed by atoms with Crippen molar-refractivity contribution in [2.75, 3.05) is 0 Å². The minimum atomic E-state index is -0.679. The first kappa shape index (κ1) is 55.2. The summed E-state index contributed by atoms with van der Waals surface area (Å²) in [6.07, 6.45) is 15.0. The highest BCUT2D eigenvalue weighted by atomic mass is 16.5. The van der Waals surface area contributed by atoms with Gasteiger partial charge in [0.25, 0.3) is 10.9 Å². The summed E-state index contributed by atoms with van der Waals surface area (Å²) in [6, 6.07) is 56.2. The third-order valence-electron chi connectivity index (χ3n) is 16.9. The fourth-order valence-corrected chi connectivity index (χ4v) is 13.0. The summed E-state index contributed by atoms with van der Waals surface area (Å²) in [5.41, 5.74) is 16.8. The minimum absolute atomic E-state index is 0.00820. The molecule has 0 radical (unpaired) electrons. The van der Waals surface area contributed by atoms with Gasteiger partial charge in [-0.05, 0) is 147 Å². The van der Waals surface area contributed by atoms with Crippen molar-refractivity contribution in [1.82, 2.24) is 39.9 Å². The average molecular weight is 1200 g/mol. The van der Waals surface area contributed by atoms with E-state index in [0.29, 0.717) is 78.7 Å². The lowest BCUT2D eigenvalue weighted by Gasteiger charge is -2.15. The summed E-state index contributed by atoms with van der Waals surface area (Å²) in [6.45, 7) is 7.31. The normalized spacial score (nSPS) is 12.5. The van der Waals surface area contributed by atoms with Gasteiger partial charge in [0.15, 0.2) is 11.5 Å². The molecule has 12 aromatic rings. The second-order valence-corrected chi connectivity index (χ2v) is 23.5. The van der Waals surface area contributed by atoms with E-state index < -0.39 is 21.7 Å². The predicted octanol–water partition coefficient (Wildman–Crippen LogP) is 16.1. The topological polar surface area (TPSA) is 201 Å². The van der Waals surface area contributed by atoms with E-state index >= 15 is 0 Å². The maximum Gasteiger partial charge on any atom is 0.268 e. The van der Waals surface area contributed by atoms with Crippen molar-refractivity contribution in [1.29, 1.82) is 0 Å². The molecule has 14 heteroatoms. The number of nitrogens with zero attached hydrogens (tertiary/aromatic N) is 4. The second kappa shape index (κ2) is 21.9. The van der Waals surface area contributed by atoms with Gasteiger partial charge in [0.1, 0.15) is 0 Å². The molecule has 92 heavy (non-hydrogen) atoms. The molecule has 0 saturated carbocycles. The minimum Gasteiger partial charge on any atom is -0.486 e. The summed E-state index contributed by atoms with van der Waals surface area (Å²) in [7, 11) is 0. The summed E-state index contributed by atoms with van der Waals surface area (Å²) in [5.74, 6) is 0.0164. The number of H-pyrrole nitrogens is 4. The highest BCUT2D eigenvalue weighted by Crippen LogP contribution is 2.44. The van der Waals surface area contributed by atoms with Crippen LogP contribution in [0.2, 0.25) is 0 Å². The van der Waals surface area contributed by atoms with Crippen molar-refractivity contribution < 1.29 is 9.47 Å². The van der Waals surface area contributed by atoms with E-state index in [0.717, 1.165) is 77.7 Å². The number of hydrogen-bond donors (Lipinski definition) is 4. The number of aromatic amines is 4. The molecule has 0 saturated heterocycles. The molecule has 14 nitrogen and oxygen atoms in total.